The second-order valence-electron chi connectivity index (χ2n) is 2.78. The van der Waals surface area contributed by atoms with Gasteiger partial charge < -0.3 is 9.84 Å². The van der Waals surface area contributed by atoms with Crippen molar-refractivity contribution in [3.05, 3.63) is 11.3 Å². The van der Waals surface area contributed by atoms with Gasteiger partial charge in [-0.05, 0) is 20.3 Å². The summed E-state index contributed by atoms with van der Waals surface area (Å²) in [7, 11) is 0. The highest BCUT2D eigenvalue weighted by molar-refractivity contribution is 5.87. The van der Waals surface area contributed by atoms with E-state index in [9.17, 15) is 9.90 Å². The Morgan fingerprint density at radius 2 is 2.09 bits per heavy atom. The molecular weight excluding hydrogens is 144 g/mol. The van der Waals surface area contributed by atoms with Crippen LogP contribution in [0, 0.1) is 0 Å². The molecule has 62 valence electrons. The number of cyclic esters (lactones) is 1. The van der Waals surface area contributed by atoms with E-state index in [1.54, 1.807) is 20.8 Å². The van der Waals surface area contributed by atoms with Crippen LogP contribution in [0.25, 0.3) is 0 Å². The molecule has 0 spiro atoms. The van der Waals surface area contributed by atoms with Crippen LogP contribution in [0.4, 0.5) is 0 Å². The van der Waals surface area contributed by atoms with Gasteiger partial charge in [-0.15, -0.1) is 0 Å². The lowest BCUT2D eigenvalue weighted by atomic mass is 9.93. The number of carbonyl (C=O) groups excluding carboxylic acids is 1. The fraction of sp³-hybridized carbons (Fsp3) is 0.625. The SMILES string of the molecule is CC[C@]1(O)C(=O)OC(C)=C1C. The predicted octanol–water partition coefficient (Wildman–Crippen LogP) is 0.978. The number of aliphatic hydroxyl groups is 1. The van der Waals surface area contributed by atoms with Gasteiger partial charge in [-0.25, -0.2) is 4.79 Å². The lowest BCUT2D eigenvalue weighted by Crippen LogP contribution is -2.35. The van der Waals surface area contributed by atoms with Gasteiger partial charge in [0.1, 0.15) is 5.76 Å². The van der Waals surface area contributed by atoms with E-state index in [-0.39, 0.29) is 0 Å². The number of ether oxygens (including phenoxy) is 1. The third-order valence-electron chi connectivity index (χ3n) is 2.24. The summed E-state index contributed by atoms with van der Waals surface area (Å²) in [6, 6.07) is 0. The van der Waals surface area contributed by atoms with Gasteiger partial charge in [0.25, 0.3) is 0 Å². The Hall–Kier alpha value is -0.830. The summed E-state index contributed by atoms with van der Waals surface area (Å²) in [5.41, 5.74) is -0.727. The lowest BCUT2D eigenvalue weighted by molar-refractivity contribution is -0.152. The van der Waals surface area contributed by atoms with Crippen LogP contribution in [-0.2, 0) is 9.53 Å². The average Bonchev–Trinajstić information content (AvgIpc) is 2.16. The third-order valence-corrected chi connectivity index (χ3v) is 2.24. The van der Waals surface area contributed by atoms with Crippen LogP contribution in [0.2, 0.25) is 0 Å². The minimum absolute atomic E-state index is 0.370. The molecule has 11 heavy (non-hydrogen) atoms. The van der Waals surface area contributed by atoms with E-state index in [2.05, 4.69) is 0 Å². The van der Waals surface area contributed by atoms with Crippen molar-refractivity contribution in [1.82, 2.24) is 0 Å². The zero-order chi connectivity index (χ0) is 8.65. The van der Waals surface area contributed by atoms with Gasteiger partial charge in [0.2, 0.25) is 0 Å². The highest BCUT2D eigenvalue weighted by atomic mass is 16.6. The van der Waals surface area contributed by atoms with Crippen LogP contribution in [0.1, 0.15) is 27.2 Å². The molecule has 1 rings (SSSR count). The molecule has 3 nitrogen and oxygen atoms in total. The molecule has 1 N–H and O–H groups in total. The van der Waals surface area contributed by atoms with Crippen molar-refractivity contribution in [3.63, 3.8) is 0 Å². The molecule has 3 heteroatoms. The molecule has 0 amide bonds. The van der Waals surface area contributed by atoms with Gasteiger partial charge in [-0.1, -0.05) is 6.92 Å². The molecule has 0 unspecified atom stereocenters. The molecule has 0 fully saturated rings. The first kappa shape index (κ1) is 8.27. The molecule has 0 saturated heterocycles. The van der Waals surface area contributed by atoms with E-state index in [1.807, 2.05) is 0 Å². The van der Waals surface area contributed by atoms with Crippen molar-refractivity contribution in [1.29, 1.82) is 0 Å². The van der Waals surface area contributed by atoms with Crippen molar-refractivity contribution in [2.75, 3.05) is 0 Å². The Kier molecular flexibility index (Phi) is 1.76. The van der Waals surface area contributed by atoms with Crippen LogP contribution in [-0.4, -0.2) is 16.7 Å². The number of allylic oxidation sites excluding steroid dienone is 1. The molecular formula is C8H12O3. The summed E-state index contributed by atoms with van der Waals surface area (Å²) in [6.45, 7) is 5.15. The summed E-state index contributed by atoms with van der Waals surface area (Å²) >= 11 is 0. The first-order valence-electron chi connectivity index (χ1n) is 3.65. The van der Waals surface area contributed by atoms with Gasteiger partial charge in [-0.3, -0.25) is 0 Å². The standard InChI is InChI=1S/C8H12O3/c1-4-8(10)5(2)6(3)11-7(8)9/h10H,4H2,1-3H3/t8-/m1/s1. The molecule has 0 aromatic carbocycles. The van der Waals surface area contributed by atoms with Crippen LogP contribution < -0.4 is 0 Å². The summed E-state index contributed by atoms with van der Waals surface area (Å²) in [5, 5.41) is 9.68. The van der Waals surface area contributed by atoms with Crippen LogP contribution >= 0.6 is 0 Å². The zero-order valence-corrected chi connectivity index (χ0v) is 6.97. The maximum atomic E-state index is 11.0. The summed E-state index contributed by atoms with van der Waals surface area (Å²) < 4.78 is 4.77. The monoisotopic (exact) mass is 156 g/mol. The van der Waals surface area contributed by atoms with Crippen molar-refractivity contribution in [2.24, 2.45) is 0 Å². The Labute approximate surface area is 65.7 Å². The number of hydrogen-bond donors (Lipinski definition) is 1. The number of hydrogen-bond acceptors (Lipinski definition) is 3. The van der Waals surface area contributed by atoms with Crippen molar-refractivity contribution < 1.29 is 14.6 Å². The van der Waals surface area contributed by atoms with Crippen molar-refractivity contribution >= 4 is 5.97 Å². The second-order valence-corrected chi connectivity index (χ2v) is 2.78. The lowest BCUT2D eigenvalue weighted by Gasteiger charge is -2.16. The van der Waals surface area contributed by atoms with Gasteiger partial charge >= 0.3 is 5.97 Å². The third kappa shape index (κ3) is 0.959. The van der Waals surface area contributed by atoms with E-state index in [0.29, 0.717) is 17.8 Å². The Morgan fingerprint density at radius 1 is 1.55 bits per heavy atom. The fourth-order valence-corrected chi connectivity index (χ4v) is 1.15. The molecule has 0 saturated carbocycles. The molecule has 0 aromatic heterocycles. The van der Waals surface area contributed by atoms with Crippen LogP contribution in [0.15, 0.2) is 11.3 Å². The largest absolute Gasteiger partial charge is 0.429 e. The highest BCUT2D eigenvalue weighted by Gasteiger charge is 2.44. The van der Waals surface area contributed by atoms with E-state index >= 15 is 0 Å². The van der Waals surface area contributed by atoms with E-state index in [1.165, 1.54) is 0 Å². The van der Waals surface area contributed by atoms with E-state index in [4.69, 9.17) is 4.74 Å². The number of rotatable bonds is 1. The normalized spacial score (nSPS) is 31.1. The molecule has 1 atom stereocenters. The quantitative estimate of drug-likeness (QED) is 0.575. The molecule has 0 aliphatic carbocycles. The number of esters is 1. The molecule has 1 heterocycles. The van der Waals surface area contributed by atoms with Gasteiger partial charge in [-0.2, -0.15) is 0 Å². The maximum absolute atomic E-state index is 11.0. The summed E-state index contributed by atoms with van der Waals surface area (Å²) in [6.07, 6.45) is 0.370. The average molecular weight is 156 g/mol. The van der Waals surface area contributed by atoms with Crippen molar-refractivity contribution in [3.8, 4) is 0 Å². The van der Waals surface area contributed by atoms with Gasteiger partial charge in [0.05, 0.1) is 0 Å². The van der Waals surface area contributed by atoms with Gasteiger partial charge in [0.15, 0.2) is 5.60 Å². The second kappa shape index (κ2) is 2.34. The zero-order valence-electron chi connectivity index (χ0n) is 6.97. The van der Waals surface area contributed by atoms with E-state index in [0.717, 1.165) is 0 Å². The first-order chi connectivity index (χ1) is 5.02. The molecule has 1 aliphatic rings. The fourth-order valence-electron chi connectivity index (χ4n) is 1.15. The smallest absolute Gasteiger partial charge is 0.347 e. The maximum Gasteiger partial charge on any atom is 0.347 e. The Bertz CT molecular complexity index is 229. The molecule has 0 bridgehead atoms. The topological polar surface area (TPSA) is 46.5 Å². The number of carbonyl (C=O) groups is 1. The molecule has 0 radical (unpaired) electrons. The summed E-state index contributed by atoms with van der Waals surface area (Å²) in [4.78, 5) is 11.0. The molecule has 0 aromatic rings. The molecule has 1 aliphatic heterocycles. The van der Waals surface area contributed by atoms with E-state index < -0.39 is 11.6 Å². The Balaban J connectivity index is 3.05. The van der Waals surface area contributed by atoms with Crippen LogP contribution in [0.5, 0.6) is 0 Å². The summed E-state index contributed by atoms with van der Waals surface area (Å²) in [5.74, 6) is -0.0191. The highest BCUT2D eigenvalue weighted by Crippen LogP contribution is 2.32. The van der Waals surface area contributed by atoms with Crippen molar-refractivity contribution in [2.45, 2.75) is 32.8 Å². The minimum Gasteiger partial charge on any atom is -0.429 e. The van der Waals surface area contributed by atoms with Gasteiger partial charge in [0, 0.05) is 5.57 Å². The first-order valence-corrected chi connectivity index (χ1v) is 3.65. The Morgan fingerprint density at radius 3 is 2.27 bits per heavy atom. The predicted molar refractivity (Wildman–Crippen MR) is 39.7 cm³/mol. The van der Waals surface area contributed by atoms with Crippen LogP contribution in [0.3, 0.4) is 0 Å². The minimum atomic E-state index is -1.36.